The number of nitrogens with two attached hydrogens (primary N) is 1. The van der Waals surface area contributed by atoms with E-state index >= 15 is 0 Å². The SMILES string of the molecule is CC(=O)C=C(C)C(N)CCN=C(NC1CCCCC1)NC1CCCCC1. The van der Waals surface area contributed by atoms with Gasteiger partial charge in [-0.1, -0.05) is 44.1 Å². The smallest absolute Gasteiger partial charge is 0.191 e. The van der Waals surface area contributed by atoms with Crippen molar-refractivity contribution in [1.82, 2.24) is 10.6 Å². The maximum atomic E-state index is 11.2. The van der Waals surface area contributed by atoms with Gasteiger partial charge >= 0.3 is 0 Å². The van der Waals surface area contributed by atoms with E-state index < -0.39 is 0 Å². The first kappa shape index (κ1) is 20.9. The van der Waals surface area contributed by atoms with Crippen LogP contribution in [-0.4, -0.2) is 36.4 Å². The molecule has 0 aromatic carbocycles. The van der Waals surface area contributed by atoms with Gasteiger partial charge in [0.2, 0.25) is 0 Å². The Hall–Kier alpha value is -1.36. The van der Waals surface area contributed by atoms with E-state index in [1.807, 2.05) is 6.92 Å². The van der Waals surface area contributed by atoms with Gasteiger partial charge in [-0.25, -0.2) is 0 Å². The highest BCUT2D eigenvalue weighted by atomic mass is 16.1. The molecule has 2 rings (SSSR count). The van der Waals surface area contributed by atoms with E-state index in [2.05, 4.69) is 10.6 Å². The fraction of sp³-hybridized carbons (Fsp3) is 0.810. The molecular weight excluding hydrogens is 324 g/mol. The van der Waals surface area contributed by atoms with Crippen LogP contribution in [0.25, 0.3) is 0 Å². The third-order valence-corrected chi connectivity index (χ3v) is 5.62. The fourth-order valence-electron chi connectivity index (χ4n) is 3.98. The number of carbonyl (C=O) groups is 1. The summed E-state index contributed by atoms with van der Waals surface area (Å²) in [5, 5.41) is 7.34. The van der Waals surface area contributed by atoms with Crippen LogP contribution in [0.15, 0.2) is 16.6 Å². The average Bonchev–Trinajstić information content (AvgIpc) is 2.62. The quantitative estimate of drug-likeness (QED) is 0.368. The maximum absolute atomic E-state index is 11.2. The summed E-state index contributed by atoms with van der Waals surface area (Å²) in [6.45, 7) is 4.17. The molecule has 1 atom stereocenters. The van der Waals surface area contributed by atoms with Crippen LogP contribution in [0.1, 0.15) is 84.5 Å². The molecule has 5 heteroatoms. The highest BCUT2D eigenvalue weighted by Crippen LogP contribution is 2.19. The Morgan fingerprint density at radius 3 is 1.96 bits per heavy atom. The van der Waals surface area contributed by atoms with Crippen molar-refractivity contribution in [2.75, 3.05) is 6.54 Å². The number of rotatable bonds is 7. The van der Waals surface area contributed by atoms with Gasteiger partial charge in [0.05, 0.1) is 0 Å². The molecule has 26 heavy (non-hydrogen) atoms. The van der Waals surface area contributed by atoms with E-state index in [1.165, 1.54) is 64.2 Å². The van der Waals surface area contributed by atoms with Crippen molar-refractivity contribution in [2.24, 2.45) is 10.7 Å². The normalized spacial score (nSPS) is 21.1. The van der Waals surface area contributed by atoms with Gasteiger partial charge in [-0.05, 0) is 52.0 Å². The van der Waals surface area contributed by atoms with E-state index in [4.69, 9.17) is 10.7 Å². The summed E-state index contributed by atoms with van der Waals surface area (Å²) in [6, 6.07) is 0.992. The average molecular weight is 363 g/mol. The molecule has 2 aliphatic carbocycles. The van der Waals surface area contributed by atoms with Gasteiger partial charge in [0.25, 0.3) is 0 Å². The second-order valence-corrected chi connectivity index (χ2v) is 8.08. The second kappa shape index (κ2) is 11.4. The number of nitrogens with zero attached hydrogens (tertiary/aromatic N) is 1. The topological polar surface area (TPSA) is 79.5 Å². The zero-order valence-corrected chi connectivity index (χ0v) is 16.7. The summed E-state index contributed by atoms with van der Waals surface area (Å²) in [5.41, 5.74) is 7.13. The summed E-state index contributed by atoms with van der Waals surface area (Å²) >= 11 is 0. The molecule has 0 aliphatic heterocycles. The van der Waals surface area contributed by atoms with E-state index in [0.29, 0.717) is 18.6 Å². The Bertz CT molecular complexity index is 466. The highest BCUT2D eigenvalue weighted by Gasteiger charge is 2.18. The van der Waals surface area contributed by atoms with Crippen molar-refractivity contribution in [3.05, 3.63) is 11.6 Å². The Morgan fingerprint density at radius 2 is 1.50 bits per heavy atom. The van der Waals surface area contributed by atoms with Crippen molar-refractivity contribution >= 4 is 11.7 Å². The third-order valence-electron chi connectivity index (χ3n) is 5.62. The van der Waals surface area contributed by atoms with Crippen molar-refractivity contribution in [3.8, 4) is 0 Å². The van der Waals surface area contributed by atoms with Gasteiger partial charge in [-0.2, -0.15) is 0 Å². The standard InChI is InChI=1S/C21H38N4O/c1-16(15-17(2)26)20(22)13-14-23-21(24-18-9-5-3-6-10-18)25-19-11-7-4-8-12-19/h15,18-20H,3-14,22H2,1-2H3,(H2,23,24,25). The van der Waals surface area contributed by atoms with E-state index in [9.17, 15) is 4.79 Å². The van der Waals surface area contributed by atoms with Crippen LogP contribution >= 0.6 is 0 Å². The van der Waals surface area contributed by atoms with E-state index in [0.717, 1.165) is 18.0 Å². The molecule has 148 valence electrons. The van der Waals surface area contributed by atoms with Crippen LogP contribution in [0.5, 0.6) is 0 Å². The van der Waals surface area contributed by atoms with E-state index in [1.54, 1.807) is 13.0 Å². The van der Waals surface area contributed by atoms with Crippen LogP contribution in [-0.2, 0) is 4.79 Å². The lowest BCUT2D eigenvalue weighted by Gasteiger charge is -2.29. The monoisotopic (exact) mass is 362 g/mol. The minimum absolute atomic E-state index is 0.0556. The number of nitrogens with one attached hydrogen (secondary N) is 2. The van der Waals surface area contributed by atoms with Crippen LogP contribution in [0, 0.1) is 0 Å². The van der Waals surface area contributed by atoms with Crippen LogP contribution in [0.3, 0.4) is 0 Å². The van der Waals surface area contributed by atoms with Gasteiger partial charge in [-0.3, -0.25) is 9.79 Å². The minimum Gasteiger partial charge on any atom is -0.354 e. The molecule has 1 unspecified atom stereocenters. The third kappa shape index (κ3) is 7.90. The molecule has 0 spiro atoms. The summed E-state index contributed by atoms with van der Waals surface area (Å²) in [7, 11) is 0. The highest BCUT2D eigenvalue weighted by molar-refractivity contribution is 5.88. The van der Waals surface area contributed by atoms with Crippen LogP contribution < -0.4 is 16.4 Å². The summed E-state index contributed by atoms with van der Waals surface area (Å²) in [5.74, 6) is 1.02. The van der Waals surface area contributed by atoms with Crippen molar-refractivity contribution < 1.29 is 4.79 Å². The predicted molar refractivity (Wildman–Crippen MR) is 109 cm³/mol. The number of hydrogen-bond donors (Lipinski definition) is 3. The van der Waals surface area contributed by atoms with Gasteiger partial charge in [0.15, 0.2) is 11.7 Å². The predicted octanol–water partition coefficient (Wildman–Crippen LogP) is 3.44. The van der Waals surface area contributed by atoms with E-state index in [-0.39, 0.29) is 11.8 Å². The van der Waals surface area contributed by atoms with Gasteiger partial charge < -0.3 is 16.4 Å². The van der Waals surface area contributed by atoms with Gasteiger partial charge in [0.1, 0.15) is 0 Å². The number of ketones is 1. The number of aliphatic imine (C=N–C) groups is 1. The fourth-order valence-corrected chi connectivity index (χ4v) is 3.98. The first-order chi connectivity index (χ1) is 12.5. The largest absolute Gasteiger partial charge is 0.354 e. The molecule has 0 amide bonds. The van der Waals surface area contributed by atoms with Crippen molar-refractivity contribution in [1.29, 1.82) is 0 Å². The minimum atomic E-state index is -0.103. The number of guanidine groups is 1. The van der Waals surface area contributed by atoms with Crippen LogP contribution in [0.4, 0.5) is 0 Å². The molecule has 2 fully saturated rings. The van der Waals surface area contributed by atoms with Crippen LogP contribution in [0.2, 0.25) is 0 Å². The van der Waals surface area contributed by atoms with Gasteiger partial charge in [-0.15, -0.1) is 0 Å². The van der Waals surface area contributed by atoms with Crippen molar-refractivity contribution in [3.63, 3.8) is 0 Å². The summed E-state index contributed by atoms with van der Waals surface area (Å²) in [6.07, 6.45) is 15.3. The van der Waals surface area contributed by atoms with Gasteiger partial charge in [0, 0.05) is 24.7 Å². The zero-order valence-electron chi connectivity index (χ0n) is 16.7. The molecule has 0 aromatic rings. The lowest BCUT2D eigenvalue weighted by Crippen LogP contribution is -2.48. The maximum Gasteiger partial charge on any atom is 0.191 e. The molecule has 2 aliphatic rings. The Morgan fingerprint density at radius 1 is 1.00 bits per heavy atom. The molecule has 0 aromatic heterocycles. The molecule has 0 saturated heterocycles. The molecule has 0 radical (unpaired) electrons. The first-order valence-corrected chi connectivity index (χ1v) is 10.6. The molecule has 2 saturated carbocycles. The number of allylic oxidation sites excluding steroid dienone is 1. The zero-order chi connectivity index (χ0) is 18.8. The Kier molecular flexibility index (Phi) is 9.16. The molecular formula is C21H38N4O. The molecule has 5 nitrogen and oxygen atoms in total. The molecule has 0 heterocycles. The number of hydrogen-bond acceptors (Lipinski definition) is 3. The second-order valence-electron chi connectivity index (χ2n) is 8.08. The first-order valence-electron chi connectivity index (χ1n) is 10.6. The Balaban J connectivity index is 1.89. The summed E-state index contributed by atoms with van der Waals surface area (Å²) in [4.78, 5) is 16.0. The summed E-state index contributed by atoms with van der Waals surface area (Å²) < 4.78 is 0. The lowest BCUT2D eigenvalue weighted by atomic mass is 9.95. The lowest BCUT2D eigenvalue weighted by molar-refractivity contribution is -0.112. The molecule has 4 N–H and O–H groups in total. The Labute approximate surface area is 159 Å². The van der Waals surface area contributed by atoms with Crippen molar-refractivity contribution in [2.45, 2.75) is 103 Å². The molecule has 0 bridgehead atoms. The number of carbonyl (C=O) groups excluding carboxylic acids is 1.